The fourth-order valence-corrected chi connectivity index (χ4v) is 4.02. The molecule has 24 heavy (non-hydrogen) atoms. The summed E-state index contributed by atoms with van der Waals surface area (Å²) in [6, 6.07) is 21.6. The zero-order valence-corrected chi connectivity index (χ0v) is 13.9. The zero-order chi connectivity index (χ0) is 16.3. The molecule has 1 aromatic heterocycles. The molecule has 3 aromatic carbocycles. The number of aromatic nitrogens is 2. The van der Waals surface area contributed by atoms with Gasteiger partial charge in [0.2, 0.25) is 0 Å². The Labute approximate surface area is 141 Å². The molecule has 1 aliphatic heterocycles. The van der Waals surface area contributed by atoms with Crippen molar-refractivity contribution in [3.63, 3.8) is 0 Å². The van der Waals surface area contributed by atoms with Crippen LogP contribution >= 0.6 is 0 Å². The monoisotopic (exact) mass is 310 g/mol. The Kier molecular flexibility index (Phi) is 2.72. The predicted molar refractivity (Wildman–Crippen MR) is 99.2 cm³/mol. The molecule has 0 spiro atoms. The number of aryl methyl sites for hydroxylation is 2. The smallest absolute Gasteiger partial charge is 0.142 e. The first-order valence-electron chi connectivity index (χ1n) is 8.38. The Morgan fingerprint density at radius 1 is 0.792 bits per heavy atom. The fourth-order valence-electron chi connectivity index (χ4n) is 4.02. The molecule has 0 unspecified atom stereocenters. The van der Waals surface area contributed by atoms with Crippen molar-refractivity contribution >= 4 is 11.0 Å². The van der Waals surface area contributed by atoms with Gasteiger partial charge in [0.1, 0.15) is 5.82 Å². The van der Waals surface area contributed by atoms with Crippen LogP contribution in [0.2, 0.25) is 0 Å². The van der Waals surface area contributed by atoms with Gasteiger partial charge in [-0.15, -0.1) is 0 Å². The van der Waals surface area contributed by atoms with Crippen LogP contribution in [-0.2, 0) is 6.54 Å². The highest BCUT2D eigenvalue weighted by Crippen LogP contribution is 2.42. The normalized spacial score (nSPS) is 12.4. The highest BCUT2D eigenvalue weighted by atomic mass is 15.1. The minimum atomic E-state index is 0.862. The van der Waals surface area contributed by atoms with Crippen LogP contribution in [0.1, 0.15) is 16.7 Å². The van der Waals surface area contributed by atoms with Crippen molar-refractivity contribution in [1.29, 1.82) is 0 Å². The van der Waals surface area contributed by atoms with Crippen molar-refractivity contribution in [2.45, 2.75) is 20.4 Å². The lowest BCUT2D eigenvalue weighted by molar-refractivity contribution is 0.841. The maximum absolute atomic E-state index is 4.97. The highest BCUT2D eigenvalue weighted by molar-refractivity contribution is 5.91. The van der Waals surface area contributed by atoms with Crippen LogP contribution in [0.5, 0.6) is 0 Å². The van der Waals surface area contributed by atoms with Crippen molar-refractivity contribution in [3.8, 4) is 22.5 Å². The molecule has 0 saturated heterocycles. The third-order valence-electron chi connectivity index (χ3n) is 5.11. The number of imidazole rings is 1. The molecule has 4 aromatic rings. The number of fused-ring (bicyclic) bond motifs is 7. The molecule has 0 radical (unpaired) electrons. The molecule has 0 bridgehead atoms. The molecule has 0 amide bonds. The molecule has 0 N–H and O–H groups in total. The van der Waals surface area contributed by atoms with E-state index in [2.05, 4.69) is 79.1 Å². The summed E-state index contributed by atoms with van der Waals surface area (Å²) in [5.74, 6) is 1.07. The van der Waals surface area contributed by atoms with Gasteiger partial charge in [-0.05, 0) is 53.8 Å². The summed E-state index contributed by atoms with van der Waals surface area (Å²) in [4.78, 5) is 4.97. The van der Waals surface area contributed by atoms with Gasteiger partial charge >= 0.3 is 0 Å². The number of benzene rings is 3. The van der Waals surface area contributed by atoms with E-state index in [1.807, 2.05) is 0 Å². The fraction of sp³-hybridized carbons (Fsp3) is 0.136. The van der Waals surface area contributed by atoms with E-state index in [0.29, 0.717) is 0 Å². The molecule has 0 aliphatic carbocycles. The first-order valence-corrected chi connectivity index (χ1v) is 8.38. The van der Waals surface area contributed by atoms with E-state index >= 15 is 0 Å². The van der Waals surface area contributed by atoms with Crippen molar-refractivity contribution in [2.24, 2.45) is 0 Å². The van der Waals surface area contributed by atoms with Gasteiger partial charge in [-0.1, -0.05) is 48.5 Å². The summed E-state index contributed by atoms with van der Waals surface area (Å²) in [6.45, 7) is 5.27. The average Bonchev–Trinajstić information content (AvgIpc) is 2.87. The topological polar surface area (TPSA) is 17.8 Å². The van der Waals surface area contributed by atoms with Crippen molar-refractivity contribution in [2.75, 3.05) is 0 Å². The highest BCUT2D eigenvalue weighted by Gasteiger charge is 2.24. The number of rotatable bonds is 0. The van der Waals surface area contributed by atoms with Crippen LogP contribution in [0.4, 0.5) is 0 Å². The number of para-hydroxylation sites is 2. The van der Waals surface area contributed by atoms with Gasteiger partial charge < -0.3 is 4.57 Å². The van der Waals surface area contributed by atoms with Crippen LogP contribution in [0.3, 0.4) is 0 Å². The Bertz CT molecular complexity index is 1100. The van der Waals surface area contributed by atoms with Gasteiger partial charge in [0, 0.05) is 5.56 Å². The first-order chi connectivity index (χ1) is 11.7. The van der Waals surface area contributed by atoms with Crippen LogP contribution < -0.4 is 0 Å². The summed E-state index contributed by atoms with van der Waals surface area (Å²) in [5.41, 5.74) is 10.2. The summed E-state index contributed by atoms with van der Waals surface area (Å²) in [7, 11) is 0. The maximum Gasteiger partial charge on any atom is 0.142 e. The SMILES string of the molecule is Cc1cccc2c1-c1c(C)cccc1-c1nc3ccccc3n1C2. The first kappa shape index (κ1) is 13.6. The summed E-state index contributed by atoms with van der Waals surface area (Å²) in [6.07, 6.45) is 0. The van der Waals surface area contributed by atoms with E-state index in [4.69, 9.17) is 4.98 Å². The van der Waals surface area contributed by atoms with Crippen LogP contribution in [0, 0.1) is 13.8 Å². The molecule has 0 atom stereocenters. The van der Waals surface area contributed by atoms with Gasteiger partial charge in [-0.25, -0.2) is 4.98 Å². The quantitative estimate of drug-likeness (QED) is 0.377. The molecule has 5 rings (SSSR count). The Balaban J connectivity index is 1.98. The lowest BCUT2D eigenvalue weighted by Crippen LogP contribution is -2.00. The number of hydrogen-bond acceptors (Lipinski definition) is 1. The van der Waals surface area contributed by atoms with Crippen LogP contribution in [-0.4, -0.2) is 9.55 Å². The summed E-state index contributed by atoms with van der Waals surface area (Å²) < 4.78 is 2.36. The van der Waals surface area contributed by atoms with Crippen LogP contribution in [0.15, 0.2) is 60.7 Å². The molecule has 2 heterocycles. The standard InChI is InChI=1S/C22H18N2/c1-14-7-5-9-16-13-24-19-12-4-3-11-18(19)23-22(24)17-10-6-8-15(2)21(17)20(14)16/h3-12H,13H2,1-2H3. The van der Waals surface area contributed by atoms with E-state index in [0.717, 1.165) is 17.9 Å². The summed E-state index contributed by atoms with van der Waals surface area (Å²) in [5, 5.41) is 0. The second kappa shape index (κ2) is 4.81. The average molecular weight is 310 g/mol. The van der Waals surface area contributed by atoms with Crippen LogP contribution in [0.25, 0.3) is 33.5 Å². The van der Waals surface area contributed by atoms with E-state index in [-0.39, 0.29) is 0 Å². The molecular weight excluding hydrogens is 292 g/mol. The number of nitrogens with zero attached hydrogens (tertiary/aromatic N) is 2. The van der Waals surface area contributed by atoms with Gasteiger partial charge in [-0.3, -0.25) is 0 Å². The van der Waals surface area contributed by atoms with E-state index in [9.17, 15) is 0 Å². The molecule has 0 saturated carbocycles. The van der Waals surface area contributed by atoms with Crippen molar-refractivity contribution < 1.29 is 0 Å². The predicted octanol–water partition coefficient (Wildman–Crippen LogP) is 5.35. The second-order valence-electron chi connectivity index (χ2n) is 6.62. The van der Waals surface area contributed by atoms with Crippen molar-refractivity contribution in [3.05, 3.63) is 77.4 Å². The Morgan fingerprint density at radius 3 is 2.42 bits per heavy atom. The third kappa shape index (κ3) is 1.74. The third-order valence-corrected chi connectivity index (χ3v) is 5.11. The lowest BCUT2D eigenvalue weighted by Gasteiger charge is -2.14. The zero-order valence-electron chi connectivity index (χ0n) is 13.9. The molecule has 1 aliphatic rings. The van der Waals surface area contributed by atoms with Gasteiger partial charge in [0.05, 0.1) is 17.6 Å². The van der Waals surface area contributed by atoms with E-state index < -0.39 is 0 Å². The molecule has 0 fully saturated rings. The molecule has 116 valence electrons. The molecule has 2 heteroatoms. The minimum absolute atomic E-state index is 0.862. The van der Waals surface area contributed by atoms with E-state index in [1.165, 1.54) is 38.9 Å². The molecule has 2 nitrogen and oxygen atoms in total. The minimum Gasteiger partial charge on any atom is -0.319 e. The van der Waals surface area contributed by atoms with Gasteiger partial charge in [0.15, 0.2) is 0 Å². The molecular formula is C22H18N2. The second-order valence-corrected chi connectivity index (χ2v) is 6.62. The number of hydrogen-bond donors (Lipinski definition) is 0. The van der Waals surface area contributed by atoms with Gasteiger partial charge in [-0.2, -0.15) is 0 Å². The Hall–Kier alpha value is -2.87. The largest absolute Gasteiger partial charge is 0.319 e. The lowest BCUT2D eigenvalue weighted by atomic mass is 9.89. The maximum atomic E-state index is 4.97. The van der Waals surface area contributed by atoms with Gasteiger partial charge in [0.25, 0.3) is 0 Å². The van der Waals surface area contributed by atoms with E-state index in [1.54, 1.807) is 0 Å². The van der Waals surface area contributed by atoms with Crippen molar-refractivity contribution in [1.82, 2.24) is 9.55 Å². The summed E-state index contributed by atoms with van der Waals surface area (Å²) >= 11 is 0. The Morgan fingerprint density at radius 2 is 1.54 bits per heavy atom.